The molecule has 0 saturated carbocycles. The summed E-state index contributed by atoms with van der Waals surface area (Å²) in [5.41, 5.74) is 7.51. The Morgan fingerprint density at radius 3 is 2.81 bits per heavy atom. The maximum atomic E-state index is 12.7. The topological polar surface area (TPSA) is 159 Å². The van der Waals surface area contributed by atoms with Crippen molar-refractivity contribution in [2.45, 2.75) is 24.5 Å². The average molecular weight is 526 g/mol. The Morgan fingerprint density at radius 1 is 1.19 bits per heavy atom. The number of anilines is 2. The molecule has 4 aromatic rings. The van der Waals surface area contributed by atoms with Gasteiger partial charge in [-0.2, -0.15) is 4.98 Å². The number of hydrogen-bond acceptors (Lipinski definition) is 10. The summed E-state index contributed by atoms with van der Waals surface area (Å²) >= 11 is 0. The van der Waals surface area contributed by atoms with Gasteiger partial charge in [-0.1, -0.05) is 12.1 Å². The van der Waals surface area contributed by atoms with Crippen LogP contribution in [0.15, 0.2) is 70.3 Å². The van der Waals surface area contributed by atoms with Gasteiger partial charge in [0.1, 0.15) is 24.3 Å². The Kier molecular flexibility index (Phi) is 8.01. The van der Waals surface area contributed by atoms with E-state index in [9.17, 15) is 13.2 Å². The lowest BCUT2D eigenvalue weighted by atomic mass is 10.1. The summed E-state index contributed by atoms with van der Waals surface area (Å²) in [7, 11) is -2.00. The first-order valence-electron chi connectivity index (χ1n) is 11.3. The van der Waals surface area contributed by atoms with Gasteiger partial charge in [-0.05, 0) is 42.8 Å². The van der Waals surface area contributed by atoms with Gasteiger partial charge in [-0.3, -0.25) is 10.1 Å². The Morgan fingerprint density at radius 2 is 2.03 bits per heavy atom. The van der Waals surface area contributed by atoms with Gasteiger partial charge in [0.15, 0.2) is 9.84 Å². The van der Waals surface area contributed by atoms with E-state index in [4.69, 9.17) is 19.6 Å². The minimum Gasteiger partial charge on any atom is -0.473 e. The van der Waals surface area contributed by atoms with Crippen molar-refractivity contribution in [3.63, 3.8) is 0 Å². The van der Waals surface area contributed by atoms with Gasteiger partial charge in [0.2, 0.25) is 11.8 Å². The van der Waals surface area contributed by atoms with Gasteiger partial charge in [0.25, 0.3) is 5.91 Å². The number of nitrogens with two attached hydrogens (primary N) is 1. The molecule has 4 N–H and O–H groups in total. The maximum Gasteiger partial charge on any atom is 0.252 e. The number of aromatic nitrogens is 2. The fourth-order valence-corrected chi connectivity index (χ4v) is 4.80. The van der Waals surface area contributed by atoms with E-state index in [-0.39, 0.29) is 29.4 Å². The molecular weight excluding hydrogens is 498 g/mol. The van der Waals surface area contributed by atoms with E-state index in [2.05, 4.69) is 20.6 Å². The lowest BCUT2D eigenvalue weighted by Gasteiger charge is -2.13. The number of amides is 1. The Hall–Kier alpha value is -4.00. The van der Waals surface area contributed by atoms with Gasteiger partial charge < -0.3 is 24.9 Å². The van der Waals surface area contributed by atoms with E-state index in [1.54, 1.807) is 37.4 Å². The zero-order chi connectivity index (χ0) is 26.4. The van der Waals surface area contributed by atoms with E-state index in [0.717, 1.165) is 5.56 Å². The van der Waals surface area contributed by atoms with Crippen molar-refractivity contribution >= 4 is 38.3 Å². The highest BCUT2D eigenvalue weighted by Crippen LogP contribution is 2.24. The van der Waals surface area contributed by atoms with Gasteiger partial charge in [0, 0.05) is 36.5 Å². The predicted molar refractivity (Wildman–Crippen MR) is 137 cm³/mol. The van der Waals surface area contributed by atoms with Crippen LogP contribution in [0.25, 0.3) is 11.0 Å². The third kappa shape index (κ3) is 6.61. The molecule has 2 heterocycles. The van der Waals surface area contributed by atoms with Crippen molar-refractivity contribution in [1.82, 2.24) is 15.3 Å². The van der Waals surface area contributed by atoms with Crippen LogP contribution in [-0.2, 0) is 21.2 Å². The van der Waals surface area contributed by atoms with E-state index in [1.165, 1.54) is 24.6 Å². The summed E-state index contributed by atoms with van der Waals surface area (Å²) in [5, 5.41) is 6.59. The molecule has 0 aliphatic carbocycles. The molecule has 4 rings (SSSR count). The first kappa shape index (κ1) is 26.1. The van der Waals surface area contributed by atoms with Crippen LogP contribution in [0.4, 0.5) is 11.6 Å². The molecule has 37 heavy (non-hydrogen) atoms. The summed E-state index contributed by atoms with van der Waals surface area (Å²) in [5.74, 6) is -0.212. The van der Waals surface area contributed by atoms with Crippen LogP contribution in [0.5, 0.6) is 5.88 Å². The number of nitrogens with one attached hydrogen (secondary N) is 2. The van der Waals surface area contributed by atoms with E-state index < -0.39 is 15.7 Å². The van der Waals surface area contributed by atoms with Crippen molar-refractivity contribution in [3.8, 4) is 5.88 Å². The zero-order valence-corrected chi connectivity index (χ0v) is 21.1. The fourth-order valence-electron chi connectivity index (χ4n) is 3.53. The number of furan rings is 1. The van der Waals surface area contributed by atoms with Crippen LogP contribution in [0.1, 0.15) is 22.8 Å². The fraction of sp³-hybridized carbons (Fsp3) is 0.240. The van der Waals surface area contributed by atoms with Crippen LogP contribution in [0.3, 0.4) is 0 Å². The number of ether oxygens (including phenoxy) is 2. The van der Waals surface area contributed by atoms with Gasteiger partial charge in [0.05, 0.1) is 17.1 Å². The zero-order valence-electron chi connectivity index (χ0n) is 20.3. The largest absolute Gasteiger partial charge is 0.473 e. The molecule has 1 amide bonds. The molecule has 12 heteroatoms. The molecule has 1 unspecified atom stereocenters. The molecule has 0 fully saturated rings. The second kappa shape index (κ2) is 11.4. The van der Waals surface area contributed by atoms with E-state index in [0.29, 0.717) is 34.7 Å². The van der Waals surface area contributed by atoms with Crippen molar-refractivity contribution < 1.29 is 27.1 Å². The van der Waals surface area contributed by atoms with Crippen LogP contribution in [-0.4, -0.2) is 49.9 Å². The van der Waals surface area contributed by atoms with Crippen molar-refractivity contribution in [3.05, 3.63) is 72.1 Å². The molecular formula is C25H27N5O6S. The third-order valence-electron chi connectivity index (χ3n) is 5.41. The highest BCUT2D eigenvalue weighted by atomic mass is 32.2. The highest BCUT2D eigenvalue weighted by molar-refractivity contribution is 7.91. The smallest absolute Gasteiger partial charge is 0.252 e. The summed E-state index contributed by atoms with van der Waals surface area (Å²) < 4.78 is 41.7. The molecule has 0 radical (unpaired) electrons. The summed E-state index contributed by atoms with van der Waals surface area (Å²) in [6, 6.07) is 13.2. The van der Waals surface area contributed by atoms with Crippen molar-refractivity contribution in [2.75, 3.05) is 24.9 Å². The van der Waals surface area contributed by atoms with Crippen LogP contribution < -0.4 is 21.1 Å². The summed E-state index contributed by atoms with van der Waals surface area (Å²) in [6.07, 6.45) is 2.86. The third-order valence-corrected chi connectivity index (χ3v) is 6.93. The van der Waals surface area contributed by atoms with Gasteiger partial charge in [-0.15, -0.1) is 0 Å². The van der Waals surface area contributed by atoms with Crippen LogP contribution >= 0.6 is 0 Å². The van der Waals surface area contributed by atoms with Crippen molar-refractivity contribution in [1.29, 1.82) is 0 Å². The molecule has 1 atom stereocenters. The normalized spacial score (nSPS) is 12.4. The van der Waals surface area contributed by atoms with Gasteiger partial charge >= 0.3 is 0 Å². The number of sulfone groups is 1. The number of benzene rings is 2. The Balaban J connectivity index is 1.41. The second-order valence-corrected chi connectivity index (χ2v) is 10.3. The molecule has 194 valence electrons. The Bertz CT molecular complexity index is 1500. The molecule has 0 saturated heterocycles. The van der Waals surface area contributed by atoms with Crippen LogP contribution in [0.2, 0.25) is 0 Å². The minimum absolute atomic E-state index is 0.106. The van der Waals surface area contributed by atoms with E-state index >= 15 is 0 Å². The molecule has 11 nitrogen and oxygen atoms in total. The number of carbonyl (C=O) groups excluding carboxylic acids is 1. The monoisotopic (exact) mass is 525 g/mol. The molecule has 0 aliphatic heterocycles. The second-order valence-electron chi connectivity index (χ2n) is 8.32. The maximum absolute atomic E-state index is 12.7. The number of rotatable bonds is 12. The van der Waals surface area contributed by atoms with Crippen LogP contribution in [0, 0.1) is 0 Å². The number of fused-ring (bicyclic) bond motifs is 1. The average Bonchev–Trinajstić information content (AvgIpc) is 3.31. The molecule has 2 aromatic carbocycles. The quantitative estimate of drug-likeness (QED) is 0.251. The molecule has 0 aliphatic rings. The Labute approximate surface area is 213 Å². The van der Waals surface area contributed by atoms with E-state index in [1.807, 2.05) is 13.0 Å². The number of nitrogens with zero attached hydrogens (tertiary/aromatic N) is 2. The highest BCUT2D eigenvalue weighted by Gasteiger charge is 2.16. The predicted octanol–water partition coefficient (Wildman–Crippen LogP) is 3.00. The standard InChI is InChI=1S/C25H27N5O6S/c1-16(12-34-2)28-15-37(32,33)19-5-3-4-18(11-19)29-25-27-9-8-23(30-25)36-13-17-6-7-20-21(24(26)31)14-35-22(20)10-17/h3-11,14,16,28H,12-13,15H2,1-2H3,(H2,26,31)(H,27,29,30). The summed E-state index contributed by atoms with van der Waals surface area (Å²) in [6.45, 7) is 2.44. The number of methoxy groups -OCH3 is 1. The first-order chi connectivity index (χ1) is 17.7. The van der Waals surface area contributed by atoms with Gasteiger partial charge in [-0.25, -0.2) is 13.4 Å². The number of primary amides is 1. The first-order valence-corrected chi connectivity index (χ1v) is 13.0. The minimum atomic E-state index is -3.56. The summed E-state index contributed by atoms with van der Waals surface area (Å²) in [4.78, 5) is 20.1. The SMILES string of the molecule is COCC(C)NCS(=O)(=O)c1cccc(Nc2nccc(OCc3ccc4c(C(N)=O)coc4c3)n2)c1. The number of carbonyl (C=O) groups is 1. The molecule has 2 aromatic heterocycles. The number of hydrogen-bond donors (Lipinski definition) is 3. The molecule has 0 bridgehead atoms. The lowest BCUT2D eigenvalue weighted by molar-refractivity contribution is 0.100. The molecule has 0 spiro atoms. The van der Waals surface area contributed by atoms with Crippen molar-refractivity contribution in [2.24, 2.45) is 5.73 Å². The lowest BCUT2D eigenvalue weighted by Crippen LogP contribution is -2.34.